The molecule has 0 amide bonds. The highest BCUT2D eigenvalue weighted by molar-refractivity contribution is 7.97. The second-order valence-corrected chi connectivity index (χ2v) is 11.1. The lowest BCUT2D eigenvalue weighted by atomic mass is 9.79. The van der Waals surface area contributed by atoms with E-state index in [1.807, 2.05) is 66.7 Å². The van der Waals surface area contributed by atoms with Crippen LogP contribution >= 0.6 is 0 Å². The minimum absolute atomic E-state index is 0.119. The zero-order chi connectivity index (χ0) is 25.7. The van der Waals surface area contributed by atoms with Crippen LogP contribution < -0.4 is 0 Å². The van der Waals surface area contributed by atoms with Crippen LogP contribution in [0.15, 0.2) is 99.6 Å². The third kappa shape index (κ3) is 3.89. The number of halogens is 5. The van der Waals surface area contributed by atoms with E-state index >= 15 is 0 Å². The van der Waals surface area contributed by atoms with Crippen molar-refractivity contribution in [2.75, 3.05) is 0 Å². The Morgan fingerprint density at radius 2 is 1.42 bits per heavy atom. The van der Waals surface area contributed by atoms with Gasteiger partial charge >= 0.3 is 12.1 Å². The number of alkyl halides is 5. The Kier molecular flexibility index (Phi) is 6.11. The van der Waals surface area contributed by atoms with Gasteiger partial charge < -0.3 is 9.84 Å². The molecule has 2 aliphatic carbocycles. The van der Waals surface area contributed by atoms with E-state index in [-0.39, 0.29) is 5.56 Å². The highest BCUT2D eigenvalue weighted by Gasteiger charge is 2.82. The first-order valence-electron chi connectivity index (χ1n) is 11.4. The summed E-state index contributed by atoms with van der Waals surface area (Å²) in [6.07, 6.45) is -7.93. The van der Waals surface area contributed by atoms with E-state index in [1.54, 1.807) is 12.1 Å². The zero-order valence-electron chi connectivity index (χ0n) is 18.8. The van der Waals surface area contributed by atoms with Crippen LogP contribution in [0.4, 0.5) is 22.0 Å². The van der Waals surface area contributed by atoms with E-state index in [2.05, 4.69) is 0 Å². The molecule has 4 unspecified atom stereocenters. The van der Waals surface area contributed by atoms with Gasteiger partial charge in [0, 0.05) is 12.0 Å². The van der Waals surface area contributed by atoms with Gasteiger partial charge in [0.15, 0.2) is 14.7 Å². The van der Waals surface area contributed by atoms with Gasteiger partial charge in [0.1, 0.15) is 6.10 Å². The van der Waals surface area contributed by atoms with Crippen molar-refractivity contribution in [1.82, 2.24) is 0 Å². The summed E-state index contributed by atoms with van der Waals surface area (Å²) in [4.78, 5) is 15.8. The molecular weight excluding hydrogens is 499 g/mol. The molecule has 2 fully saturated rings. The Morgan fingerprint density at radius 3 is 1.94 bits per heavy atom. The molecule has 0 spiro atoms. The minimum Gasteiger partial charge on any atom is -0.458 e. The molecular formula is C27H22F5O3S+. The van der Waals surface area contributed by atoms with Gasteiger partial charge in [-0.15, -0.1) is 0 Å². The van der Waals surface area contributed by atoms with E-state index in [0.29, 0.717) is 0 Å². The summed E-state index contributed by atoms with van der Waals surface area (Å²) in [6, 6.07) is 26.0. The average molecular weight is 522 g/mol. The molecule has 0 saturated heterocycles. The molecule has 2 bridgehead atoms. The smallest absolute Gasteiger partial charge is 0.423 e. The third-order valence-corrected chi connectivity index (χ3v) is 9.24. The fourth-order valence-corrected chi connectivity index (χ4v) is 7.44. The maximum Gasteiger partial charge on any atom is 0.423 e. The van der Waals surface area contributed by atoms with Crippen molar-refractivity contribution >= 4 is 16.9 Å². The first-order chi connectivity index (χ1) is 17.0. The van der Waals surface area contributed by atoms with Gasteiger partial charge in [0.2, 0.25) is 5.60 Å². The summed E-state index contributed by atoms with van der Waals surface area (Å²) in [7, 11) is -0.566. The SMILES string of the molecule is O=C(OC1CC2CC1C(F)(F)C2(O)C(F)(F)F)c1cccc([S+](c2ccccc2)c2ccccc2)c1. The lowest BCUT2D eigenvalue weighted by molar-refractivity contribution is -0.352. The number of ether oxygens (including phenoxy) is 1. The van der Waals surface area contributed by atoms with E-state index in [9.17, 15) is 31.9 Å². The molecule has 2 saturated carbocycles. The number of carbonyl (C=O) groups excluding carboxylic acids is 1. The van der Waals surface area contributed by atoms with Gasteiger partial charge in [-0.3, -0.25) is 0 Å². The van der Waals surface area contributed by atoms with Crippen molar-refractivity contribution in [2.45, 2.75) is 51.3 Å². The number of hydrogen-bond donors (Lipinski definition) is 1. The van der Waals surface area contributed by atoms with E-state index < -0.39 is 65.3 Å². The van der Waals surface area contributed by atoms with Crippen molar-refractivity contribution in [3.63, 3.8) is 0 Å². The largest absolute Gasteiger partial charge is 0.458 e. The van der Waals surface area contributed by atoms with Crippen molar-refractivity contribution < 1.29 is 36.6 Å². The number of esters is 1. The molecule has 5 rings (SSSR count). The molecule has 9 heteroatoms. The van der Waals surface area contributed by atoms with E-state index in [4.69, 9.17) is 4.74 Å². The highest BCUT2D eigenvalue weighted by atomic mass is 32.2. The Balaban J connectivity index is 1.40. The normalized spacial score (nSPS) is 26.8. The summed E-state index contributed by atoms with van der Waals surface area (Å²) in [5.74, 6) is -8.97. The minimum atomic E-state index is -5.48. The number of hydrogen-bond acceptors (Lipinski definition) is 3. The number of fused-ring (bicyclic) bond motifs is 2. The molecule has 2 aliphatic rings. The number of benzene rings is 3. The average Bonchev–Trinajstić information content (AvgIpc) is 3.36. The predicted octanol–water partition coefficient (Wildman–Crippen LogP) is 6.28. The van der Waals surface area contributed by atoms with Gasteiger partial charge in [0.05, 0.1) is 22.4 Å². The van der Waals surface area contributed by atoms with Crippen LogP contribution in [0.2, 0.25) is 0 Å². The lowest BCUT2D eigenvalue weighted by Crippen LogP contribution is -2.64. The summed E-state index contributed by atoms with van der Waals surface area (Å²) in [5, 5.41) is 9.91. The Hall–Kier alpha value is -2.91. The second kappa shape index (κ2) is 8.88. The Bertz CT molecular complexity index is 1210. The molecule has 1 N–H and O–H groups in total. The summed E-state index contributed by atoms with van der Waals surface area (Å²) >= 11 is 0. The molecule has 0 heterocycles. The molecule has 4 atom stereocenters. The van der Waals surface area contributed by atoms with Crippen LogP contribution in [-0.2, 0) is 15.6 Å². The summed E-state index contributed by atoms with van der Waals surface area (Å²) in [6.45, 7) is 0. The van der Waals surface area contributed by atoms with Crippen LogP contribution in [0, 0.1) is 11.8 Å². The molecule has 3 nitrogen and oxygen atoms in total. The highest BCUT2D eigenvalue weighted by Crippen LogP contribution is 2.65. The molecule has 3 aromatic carbocycles. The first kappa shape index (κ1) is 24.8. The van der Waals surface area contributed by atoms with Gasteiger partial charge in [-0.2, -0.15) is 13.2 Å². The van der Waals surface area contributed by atoms with E-state index in [1.165, 1.54) is 6.07 Å². The molecule has 36 heavy (non-hydrogen) atoms. The number of carbonyl (C=O) groups is 1. The molecule has 0 aliphatic heterocycles. The van der Waals surface area contributed by atoms with Crippen LogP contribution in [0.5, 0.6) is 0 Å². The van der Waals surface area contributed by atoms with Gasteiger partial charge in [-0.1, -0.05) is 42.5 Å². The van der Waals surface area contributed by atoms with Crippen LogP contribution in [-0.4, -0.2) is 34.9 Å². The second-order valence-electron chi connectivity index (χ2n) is 9.07. The maximum atomic E-state index is 14.7. The summed E-state index contributed by atoms with van der Waals surface area (Å²) in [5.41, 5.74) is -3.98. The number of aliphatic hydroxyl groups is 1. The van der Waals surface area contributed by atoms with Crippen LogP contribution in [0.3, 0.4) is 0 Å². The van der Waals surface area contributed by atoms with Crippen LogP contribution in [0.1, 0.15) is 23.2 Å². The van der Waals surface area contributed by atoms with Crippen molar-refractivity contribution in [3.05, 3.63) is 90.5 Å². The Labute approximate surface area is 207 Å². The van der Waals surface area contributed by atoms with Crippen molar-refractivity contribution in [3.8, 4) is 0 Å². The zero-order valence-corrected chi connectivity index (χ0v) is 19.6. The molecule has 188 valence electrons. The monoisotopic (exact) mass is 521 g/mol. The van der Waals surface area contributed by atoms with Crippen LogP contribution in [0.25, 0.3) is 0 Å². The van der Waals surface area contributed by atoms with Gasteiger partial charge in [-0.25, -0.2) is 13.6 Å². The quantitative estimate of drug-likeness (QED) is 0.244. The topological polar surface area (TPSA) is 46.5 Å². The van der Waals surface area contributed by atoms with Gasteiger partial charge in [-0.05, 0) is 49.2 Å². The molecule has 0 aromatic heterocycles. The fourth-order valence-electron chi connectivity index (χ4n) is 5.30. The first-order valence-corrected chi connectivity index (χ1v) is 12.6. The lowest BCUT2D eigenvalue weighted by Gasteiger charge is -2.42. The maximum absolute atomic E-state index is 14.7. The molecule has 0 radical (unpaired) electrons. The fraction of sp³-hybridized carbons (Fsp3) is 0.296. The Morgan fingerprint density at radius 1 is 0.861 bits per heavy atom. The molecule has 3 aromatic rings. The van der Waals surface area contributed by atoms with E-state index in [0.717, 1.165) is 14.7 Å². The van der Waals surface area contributed by atoms with Gasteiger partial charge in [0.25, 0.3) is 5.92 Å². The standard InChI is InChI=1S/C27H22F5O3S/c28-26(29)22-15-18(25(26,34)27(30,31)32)16-23(22)35-24(33)17-8-7-13-21(14-17)36(19-9-3-1-4-10-19)20-11-5-2-6-12-20/h1-14,18,22-23,34H,15-16H2/q+1. The summed E-state index contributed by atoms with van der Waals surface area (Å²) < 4.78 is 74.6. The van der Waals surface area contributed by atoms with Crippen molar-refractivity contribution in [1.29, 1.82) is 0 Å². The van der Waals surface area contributed by atoms with Crippen molar-refractivity contribution in [2.24, 2.45) is 11.8 Å². The number of rotatable bonds is 5. The predicted molar refractivity (Wildman–Crippen MR) is 123 cm³/mol. The third-order valence-electron chi connectivity index (χ3n) is 7.02.